The first kappa shape index (κ1) is 21.4. The predicted octanol–water partition coefficient (Wildman–Crippen LogP) is 2.69. The maximum atomic E-state index is 12.2. The summed E-state index contributed by atoms with van der Waals surface area (Å²) >= 11 is 1.26. The Morgan fingerprint density at radius 3 is 2.52 bits per heavy atom. The van der Waals surface area contributed by atoms with Gasteiger partial charge in [0.15, 0.2) is 5.96 Å². The SMILES string of the molecule is CCNC(=NCc1ccc(S(=O)(=O)N(C)C)s1)NCCCc1ccccc1. The Labute approximate surface area is 166 Å². The molecule has 0 atom stereocenters. The van der Waals surface area contributed by atoms with Gasteiger partial charge in [-0.05, 0) is 37.5 Å². The number of nitrogens with zero attached hydrogens (tertiary/aromatic N) is 2. The first-order chi connectivity index (χ1) is 12.9. The van der Waals surface area contributed by atoms with E-state index in [1.54, 1.807) is 6.07 Å². The van der Waals surface area contributed by atoms with Crippen molar-refractivity contribution in [2.45, 2.75) is 30.5 Å². The van der Waals surface area contributed by atoms with Gasteiger partial charge in [-0.2, -0.15) is 0 Å². The molecule has 1 heterocycles. The minimum atomic E-state index is -3.38. The minimum absolute atomic E-state index is 0.346. The molecule has 148 valence electrons. The second-order valence-corrected chi connectivity index (χ2v) is 9.77. The fourth-order valence-corrected chi connectivity index (χ4v) is 4.85. The highest BCUT2D eigenvalue weighted by Crippen LogP contribution is 2.24. The van der Waals surface area contributed by atoms with Crippen molar-refractivity contribution in [3.63, 3.8) is 0 Å². The van der Waals surface area contributed by atoms with Crippen LogP contribution in [0.15, 0.2) is 51.7 Å². The molecule has 0 fully saturated rings. The third-order valence-corrected chi connectivity index (χ3v) is 7.24. The zero-order valence-electron chi connectivity index (χ0n) is 16.1. The fraction of sp³-hybridized carbons (Fsp3) is 0.421. The average Bonchev–Trinajstić information content (AvgIpc) is 3.13. The Morgan fingerprint density at radius 1 is 1.11 bits per heavy atom. The van der Waals surface area contributed by atoms with Crippen molar-refractivity contribution in [3.8, 4) is 0 Å². The van der Waals surface area contributed by atoms with E-state index in [1.807, 2.05) is 19.1 Å². The quantitative estimate of drug-likeness (QED) is 0.380. The molecule has 0 aliphatic carbocycles. The van der Waals surface area contributed by atoms with E-state index in [-0.39, 0.29) is 0 Å². The number of nitrogens with one attached hydrogen (secondary N) is 2. The number of aliphatic imine (C=N–C) groups is 1. The van der Waals surface area contributed by atoms with E-state index in [0.29, 0.717) is 10.8 Å². The van der Waals surface area contributed by atoms with Crippen LogP contribution in [0.25, 0.3) is 0 Å². The van der Waals surface area contributed by atoms with Crippen LogP contribution >= 0.6 is 11.3 Å². The molecule has 2 N–H and O–H groups in total. The molecule has 0 amide bonds. The number of thiophene rings is 1. The standard InChI is InChI=1S/C19H28N4O2S2/c1-4-20-19(21-14-8-11-16-9-6-5-7-10-16)22-15-17-12-13-18(26-17)27(24,25)23(2)3/h5-7,9-10,12-13H,4,8,11,14-15H2,1-3H3,(H2,20,21,22). The maximum absolute atomic E-state index is 12.2. The molecule has 0 saturated heterocycles. The Bertz CT molecular complexity index is 830. The van der Waals surface area contributed by atoms with E-state index in [4.69, 9.17) is 0 Å². The van der Waals surface area contributed by atoms with Crippen LogP contribution in [0.1, 0.15) is 23.8 Å². The van der Waals surface area contributed by atoms with Crippen molar-refractivity contribution >= 4 is 27.3 Å². The Balaban J connectivity index is 1.88. The van der Waals surface area contributed by atoms with Crippen molar-refractivity contribution in [3.05, 3.63) is 52.9 Å². The third kappa shape index (κ3) is 6.64. The van der Waals surface area contributed by atoms with Crippen LogP contribution in [-0.2, 0) is 23.0 Å². The van der Waals surface area contributed by atoms with Crippen LogP contribution < -0.4 is 10.6 Å². The lowest BCUT2D eigenvalue weighted by molar-refractivity contribution is 0.523. The molecule has 27 heavy (non-hydrogen) atoms. The normalized spacial score (nSPS) is 12.4. The lowest BCUT2D eigenvalue weighted by Crippen LogP contribution is -2.37. The van der Waals surface area contributed by atoms with Gasteiger partial charge in [0, 0.05) is 32.1 Å². The van der Waals surface area contributed by atoms with Gasteiger partial charge in [0.1, 0.15) is 4.21 Å². The molecule has 0 saturated carbocycles. The van der Waals surface area contributed by atoms with Crippen LogP contribution in [0, 0.1) is 0 Å². The molecule has 6 nitrogen and oxygen atoms in total. The Kier molecular flexibility index (Phi) is 8.27. The van der Waals surface area contributed by atoms with Gasteiger partial charge in [-0.25, -0.2) is 17.7 Å². The molecule has 2 rings (SSSR count). The lowest BCUT2D eigenvalue weighted by atomic mass is 10.1. The topological polar surface area (TPSA) is 73.8 Å². The number of hydrogen-bond donors (Lipinski definition) is 2. The second kappa shape index (κ2) is 10.4. The highest BCUT2D eigenvalue weighted by atomic mass is 32.2. The molecule has 0 unspecified atom stereocenters. The largest absolute Gasteiger partial charge is 0.357 e. The third-order valence-electron chi connectivity index (χ3n) is 3.89. The van der Waals surface area contributed by atoms with Crippen LogP contribution in [0.4, 0.5) is 0 Å². The zero-order chi connectivity index (χ0) is 19.7. The summed E-state index contributed by atoms with van der Waals surface area (Å²) in [5.41, 5.74) is 1.33. The van der Waals surface area contributed by atoms with Crippen molar-refractivity contribution in [2.75, 3.05) is 27.2 Å². The molecule has 0 bridgehead atoms. The summed E-state index contributed by atoms with van der Waals surface area (Å²) in [6.45, 7) is 4.07. The molecular weight excluding hydrogens is 380 g/mol. The smallest absolute Gasteiger partial charge is 0.252 e. The van der Waals surface area contributed by atoms with Gasteiger partial charge in [-0.3, -0.25) is 0 Å². The number of hydrogen-bond acceptors (Lipinski definition) is 4. The molecule has 0 radical (unpaired) electrons. The number of aryl methyl sites for hydroxylation is 1. The van der Waals surface area contributed by atoms with Gasteiger partial charge in [-0.1, -0.05) is 30.3 Å². The summed E-state index contributed by atoms with van der Waals surface area (Å²) < 4.78 is 25.9. The Hall–Kier alpha value is -1.90. The molecule has 2 aromatic rings. The number of sulfonamides is 1. The van der Waals surface area contributed by atoms with Crippen molar-refractivity contribution < 1.29 is 8.42 Å². The molecule has 0 spiro atoms. The molecule has 0 aliphatic heterocycles. The summed E-state index contributed by atoms with van der Waals surface area (Å²) in [4.78, 5) is 5.48. The van der Waals surface area contributed by atoms with Gasteiger partial charge in [0.2, 0.25) is 0 Å². The van der Waals surface area contributed by atoms with E-state index in [0.717, 1.165) is 36.8 Å². The van der Waals surface area contributed by atoms with Crippen LogP contribution in [0.2, 0.25) is 0 Å². The van der Waals surface area contributed by atoms with Gasteiger partial charge in [0.05, 0.1) is 6.54 Å². The molecule has 0 aliphatic rings. The van der Waals surface area contributed by atoms with E-state index in [2.05, 4.69) is 39.9 Å². The van der Waals surface area contributed by atoms with E-state index < -0.39 is 10.0 Å². The molecule has 1 aromatic heterocycles. The van der Waals surface area contributed by atoms with E-state index >= 15 is 0 Å². The molecular formula is C19H28N4O2S2. The van der Waals surface area contributed by atoms with Gasteiger partial charge in [0.25, 0.3) is 10.0 Å². The van der Waals surface area contributed by atoms with Crippen molar-refractivity contribution in [1.82, 2.24) is 14.9 Å². The highest BCUT2D eigenvalue weighted by molar-refractivity contribution is 7.91. The summed E-state index contributed by atoms with van der Waals surface area (Å²) in [5, 5.41) is 6.56. The fourth-order valence-electron chi connectivity index (χ4n) is 2.40. The van der Waals surface area contributed by atoms with Crippen molar-refractivity contribution in [1.29, 1.82) is 0 Å². The van der Waals surface area contributed by atoms with Crippen LogP contribution in [-0.4, -0.2) is 45.9 Å². The van der Waals surface area contributed by atoms with E-state index in [9.17, 15) is 8.42 Å². The summed E-state index contributed by atoms with van der Waals surface area (Å²) in [5.74, 6) is 0.746. The summed E-state index contributed by atoms with van der Waals surface area (Å²) in [6, 6.07) is 13.9. The van der Waals surface area contributed by atoms with Gasteiger partial charge < -0.3 is 10.6 Å². The van der Waals surface area contributed by atoms with Crippen LogP contribution in [0.5, 0.6) is 0 Å². The molecule has 1 aromatic carbocycles. The number of guanidine groups is 1. The van der Waals surface area contributed by atoms with Crippen LogP contribution in [0.3, 0.4) is 0 Å². The highest BCUT2D eigenvalue weighted by Gasteiger charge is 2.19. The lowest BCUT2D eigenvalue weighted by Gasteiger charge is -2.11. The maximum Gasteiger partial charge on any atom is 0.252 e. The average molecular weight is 409 g/mol. The first-order valence-corrected chi connectivity index (χ1v) is 11.3. The monoisotopic (exact) mass is 408 g/mol. The first-order valence-electron chi connectivity index (χ1n) is 9.01. The summed E-state index contributed by atoms with van der Waals surface area (Å²) in [6.07, 6.45) is 2.03. The number of benzene rings is 1. The van der Waals surface area contributed by atoms with Gasteiger partial charge >= 0.3 is 0 Å². The number of rotatable bonds is 9. The van der Waals surface area contributed by atoms with Crippen molar-refractivity contribution in [2.24, 2.45) is 4.99 Å². The molecule has 8 heteroatoms. The van der Waals surface area contributed by atoms with Gasteiger partial charge in [-0.15, -0.1) is 11.3 Å². The van der Waals surface area contributed by atoms with E-state index in [1.165, 1.54) is 35.3 Å². The minimum Gasteiger partial charge on any atom is -0.357 e. The second-order valence-electron chi connectivity index (χ2n) is 6.22. The predicted molar refractivity (Wildman–Crippen MR) is 113 cm³/mol. The summed E-state index contributed by atoms with van der Waals surface area (Å²) in [7, 11) is -0.302. The Morgan fingerprint density at radius 2 is 1.85 bits per heavy atom. The zero-order valence-corrected chi connectivity index (χ0v) is 17.7.